The van der Waals surface area contributed by atoms with Crippen molar-refractivity contribution in [1.29, 1.82) is 0 Å². The van der Waals surface area contributed by atoms with Crippen LogP contribution in [0.3, 0.4) is 0 Å². The lowest BCUT2D eigenvalue weighted by Crippen LogP contribution is -2.34. The maximum Gasteiger partial charge on any atom is 0.407 e. The number of nitrogens with one attached hydrogen (secondary N) is 2. The van der Waals surface area contributed by atoms with Gasteiger partial charge in [-0.25, -0.2) is 13.2 Å². The number of aryl methyl sites for hydroxylation is 1. The van der Waals surface area contributed by atoms with E-state index in [1.54, 1.807) is 45.0 Å². The fourth-order valence-electron chi connectivity index (χ4n) is 3.16. The van der Waals surface area contributed by atoms with E-state index in [1.165, 1.54) is 24.3 Å². The molecule has 0 spiro atoms. The van der Waals surface area contributed by atoms with Crippen LogP contribution in [0.1, 0.15) is 59.9 Å². The Balaban J connectivity index is 1.66. The zero-order chi connectivity index (χ0) is 27.5. The Morgan fingerprint density at radius 3 is 2.08 bits per heavy atom. The zero-order valence-electron chi connectivity index (χ0n) is 21.8. The normalized spacial score (nSPS) is 11.6. The molecule has 37 heavy (non-hydrogen) atoms. The van der Waals surface area contributed by atoms with Gasteiger partial charge in [-0.15, -0.1) is 0 Å². The second-order valence-corrected chi connectivity index (χ2v) is 11.6. The third-order valence-electron chi connectivity index (χ3n) is 5.11. The van der Waals surface area contributed by atoms with Gasteiger partial charge < -0.3 is 20.1 Å². The number of ketones is 1. The molecule has 0 aliphatic heterocycles. The van der Waals surface area contributed by atoms with E-state index in [2.05, 4.69) is 10.6 Å². The molecule has 0 aliphatic carbocycles. The maximum absolute atomic E-state index is 12.5. The molecule has 0 bridgehead atoms. The van der Waals surface area contributed by atoms with Crippen molar-refractivity contribution in [3.05, 3.63) is 65.2 Å². The summed E-state index contributed by atoms with van der Waals surface area (Å²) in [4.78, 5) is 36.5. The molecule has 0 unspecified atom stereocenters. The summed E-state index contributed by atoms with van der Waals surface area (Å²) in [5.74, 6) is -0.871. The summed E-state index contributed by atoms with van der Waals surface area (Å²) in [6.45, 7) is 8.69. The topological polar surface area (TPSA) is 128 Å². The summed E-state index contributed by atoms with van der Waals surface area (Å²) in [6.07, 6.45) is -0.0532. The maximum atomic E-state index is 12.5. The van der Waals surface area contributed by atoms with Crippen molar-refractivity contribution >= 4 is 27.6 Å². The summed E-state index contributed by atoms with van der Waals surface area (Å²) in [7, 11) is -3.55. The van der Waals surface area contributed by atoms with Gasteiger partial charge in [0.1, 0.15) is 5.60 Å². The highest BCUT2D eigenvalue weighted by atomic mass is 32.2. The van der Waals surface area contributed by atoms with Crippen molar-refractivity contribution in [3.63, 3.8) is 0 Å². The van der Waals surface area contributed by atoms with E-state index in [4.69, 9.17) is 9.47 Å². The van der Waals surface area contributed by atoms with Crippen molar-refractivity contribution in [3.8, 4) is 0 Å². The molecule has 9 nitrogen and oxygen atoms in total. The first-order valence-electron chi connectivity index (χ1n) is 12.1. The van der Waals surface area contributed by atoms with Gasteiger partial charge in [0.15, 0.2) is 15.6 Å². The lowest BCUT2D eigenvalue weighted by atomic mass is 10.1. The number of benzene rings is 2. The van der Waals surface area contributed by atoms with Crippen LogP contribution in [-0.2, 0) is 19.3 Å². The Morgan fingerprint density at radius 2 is 1.46 bits per heavy atom. The average molecular weight is 533 g/mol. The van der Waals surface area contributed by atoms with E-state index in [9.17, 15) is 22.8 Å². The van der Waals surface area contributed by atoms with Gasteiger partial charge in [-0.2, -0.15) is 0 Å². The number of carbonyl (C=O) groups is 3. The van der Waals surface area contributed by atoms with E-state index >= 15 is 0 Å². The van der Waals surface area contributed by atoms with E-state index in [0.29, 0.717) is 43.9 Å². The number of hydrogen-bond acceptors (Lipinski definition) is 7. The average Bonchev–Trinajstić information content (AvgIpc) is 2.83. The smallest absolute Gasteiger partial charge is 0.407 e. The van der Waals surface area contributed by atoms with Gasteiger partial charge in [-0.1, -0.05) is 29.8 Å². The van der Waals surface area contributed by atoms with Crippen LogP contribution in [-0.4, -0.2) is 63.9 Å². The summed E-state index contributed by atoms with van der Waals surface area (Å²) >= 11 is 0. The highest BCUT2D eigenvalue weighted by Gasteiger charge is 2.18. The van der Waals surface area contributed by atoms with Crippen LogP contribution in [0.2, 0.25) is 0 Å². The SMILES string of the molecule is Cc1ccc(S(=O)(=O)CCC(=O)c2ccc(C(=O)NCCCOCCNC(=O)OC(C)(C)C)cc2)cc1. The number of rotatable bonds is 13. The fourth-order valence-corrected chi connectivity index (χ4v) is 4.40. The molecule has 2 rings (SSSR count). The minimum atomic E-state index is -3.55. The highest BCUT2D eigenvalue weighted by Crippen LogP contribution is 2.15. The van der Waals surface area contributed by atoms with Crippen LogP contribution < -0.4 is 10.6 Å². The summed E-state index contributed by atoms with van der Waals surface area (Å²) in [6, 6.07) is 12.6. The van der Waals surface area contributed by atoms with E-state index < -0.39 is 21.5 Å². The van der Waals surface area contributed by atoms with Gasteiger partial charge in [-0.05, 0) is 58.4 Å². The van der Waals surface area contributed by atoms with E-state index in [-0.39, 0.29) is 28.8 Å². The molecule has 0 saturated carbocycles. The summed E-state index contributed by atoms with van der Waals surface area (Å²) < 4.78 is 35.5. The molecular weight excluding hydrogens is 496 g/mol. The summed E-state index contributed by atoms with van der Waals surface area (Å²) in [5.41, 5.74) is 1.15. The third-order valence-corrected chi connectivity index (χ3v) is 6.84. The molecule has 2 N–H and O–H groups in total. The second-order valence-electron chi connectivity index (χ2n) is 9.53. The fraction of sp³-hybridized carbons (Fsp3) is 0.444. The Bertz CT molecular complexity index is 1150. The van der Waals surface area contributed by atoms with Crippen molar-refractivity contribution in [1.82, 2.24) is 10.6 Å². The van der Waals surface area contributed by atoms with E-state index in [0.717, 1.165) is 5.56 Å². The molecule has 0 heterocycles. The van der Waals surface area contributed by atoms with Gasteiger partial charge in [0.25, 0.3) is 5.91 Å². The molecule has 0 aromatic heterocycles. The first-order chi connectivity index (χ1) is 17.4. The highest BCUT2D eigenvalue weighted by molar-refractivity contribution is 7.91. The molecular formula is C27H36N2O7S. The Morgan fingerprint density at radius 1 is 0.838 bits per heavy atom. The largest absolute Gasteiger partial charge is 0.444 e. The Labute approximate surface area is 218 Å². The molecule has 202 valence electrons. The molecule has 2 amide bonds. The van der Waals surface area contributed by atoms with Crippen LogP contribution >= 0.6 is 0 Å². The Hall–Kier alpha value is -3.24. The number of ether oxygens (including phenoxy) is 2. The predicted octanol–water partition coefficient (Wildman–Crippen LogP) is 3.70. The lowest BCUT2D eigenvalue weighted by Gasteiger charge is -2.19. The van der Waals surface area contributed by atoms with Gasteiger partial charge in [-0.3, -0.25) is 9.59 Å². The van der Waals surface area contributed by atoms with Crippen LogP contribution in [0.4, 0.5) is 4.79 Å². The third kappa shape index (κ3) is 11.1. The monoisotopic (exact) mass is 532 g/mol. The minimum Gasteiger partial charge on any atom is -0.444 e. The number of amides is 2. The van der Waals surface area contributed by atoms with Crippen molar-refractivity contribution in [2.75, 3.05) is 32.1 Å². The predicted molar refractivity (Wildman–Crippen MR) is 141 cm³/mol. The molecule has 0 fully saturated rings. The van der Waals surface area contributed by atoms with Crippen molar-refractivity contribution < 1.29 is 32.3 Å². The number of alkyl carbamates (subject to hydrolysis) is 1. The number of Topliss-reactive ketones (excluding diaryl/α,β-unsaturated/α-hetero) is 1. The standard InChI is InChI=1S/C27H36N2O7S/c1-20-6-12-23(13-7-20)37(33,34)19-14-24(30)21-8-10-22(11-9-21)25(31)28-15-5-17-35-18-16-29-26(32)36-27(2,3)4/h6-13H,5,14-19H2,1-4H3,(H,28,31)(H,29,32). The minimum absolute atomic E-state index is 0.144. The lowest BCUT2D eigenvalue weighted by molar-refractivity contribution is 0.0498. The number of sulfone groups is 1. The second kappa shape index (κ2) is 13.9. The van der Waals surface area contributed by atoms with Crippen LogP contribution in [0.5, 0.6) is 0 Å². The first kappa shape index (κ1) is 30.0. The molecule has 2 aromatic carbocycles. The molecule has 2 aromatic rings. The van der Waals surface area contributed by atoms with Gasteiger partial charge in [0, 0.05) is 37.2 Å². The van der Waals surface area contributed by atoms with Crippen molar-refractivity contribution in [2.45, 2.75) is 51.0 Å². The van der Waals surface area contributed by atoms with Gasteiger partial charge in [0.2, 0.25) is 0 Å². The molecule has 0 radical (unpaired) electrons. The molecule has 0 saturated heterocycles. The van der Waals surface area contributed by atoms with Crippen LogP contribution in [0.15, 0.2) is 53.4 Å². The van der Waals surface area contributed by atoms with Crippen LogP contribution in [0, 0.1) is 6.92 Å². The first-order valence-corrected chi connectivity index (χ1v) is 13.8. The van der Waals surface area contributed by atoms with E-state index in [1.807, 2.05) is 6.92 Å². The molecule has 0 aliphatic rings. The van der Waals surface area contributed by atoms with Crippen molar-refractivity contribution in [2.24, 2.45) is 0 Å². The zero-order valence-corrected chi connectivity index (χ0v) is 22.7. The number of hydrogen-bond donors (Lipinski definition) is 2. The van der Waals surface area contributed by atoms with Gasteiger partial charge in [0.05, 0.1) is 17.3 Å². The quantitative estimate of drug-likeness (QED) is 0.297. The number of carbonyl (C=O) groups excluding carboxylic acids is 3. The summed E-state index contributed by atoms with van der Waals surface area (Å²) in [5, 5.41) is 5.37. The Kier molecular flexibility index (Phi) is 11.3. The van der Waals surface area contributed by atoms with Crippen LogP contribution in [0.25, 0.3) is 0 Å². The van der Waals surface area contributed by atoms with Gasteiger partial charge >= 0.3 is 6.09 Å². The molecule has 0 atom stereocenters. The molecule has 10 heteroatoms.